The molecular formula is C18H20O2S. The van der Waals surface area contributed by atoms with Crippen LogP contribution in [-0.4, -0.2) is 15.7 Å². The second-order valence-electron chi connectivity index (χ2n) is 5.23. The van der Waals surface area contributed by atoms with Crippen LogP contribution in [0, 0.1) is 13.8 Å². The highest BCUT2D eigenvalue weighted by Crippen LogP contribution is 2.16. The van der Waals surface area contributed by atoms with Gasteiger partial charge in [-0.15, -0.1) is 0 Å². The summed E-state index contributed by atoms with van der Waals surface area (Å²) < 4.78 is 12.4. The molecule has 0 spiro atoms. The predicted octanol–water partition coefficient (Wildman–Crippen LogP) is 3.86. The van der Waals surface area contributed by atoms with Crippen LogP contribution in [0.15, 0.2) is 47.4 Å². The predicted molar refractivity (Wildman–Crippen MR) is 87.3 cm³/mol. The molecule has 2 aromatic rings. The minimum atomic E-state index is -1.29. The smallest absolute Gasteiger partial charge is 0.175 e. The topological polar surface area (TPSA) is 34.1 Å². The molecule has 1 atom stereocenters. The molecule has 21 heavy (non-hydrogen) atoms. The molecule has 0 bridgehead atoms. The average Bonchev–Trinajstić information content (AvgIpc) is 2.49. The van der Waals surface area contributed by atoms with Gasteiger partial charge in [0.2, 0.25) is 0 Å². The monoisotopic (exact) mass is 300 g/mol. The molecule has 0 amide bonds. The fourth-order valence-corrected chi connectivity index (χ4v) is 3.46. The largest absolute Gasteiger partial charge is 0.293 e. The van der Waals surface area contributed by atoms with E-state index < -0.39 is 10.8 Å². The first-order chi connectivity index (χ1) is 10.0. The quantitative estimate of drug-likeness (QED) is 0.786. The third kappa shape index (κ3) is 3.88. The Labute approximate surface area is 128 Å². The average molecular weight is 300 g/mol. The highest BCUT2D eigenvalue weighted by atomic mass is 32.2. The van der Waals surface area contributed by atoms with E-state index in [0.717, 1.165) is 22.4 Å². The molecule has 0 N–H and O–H groups in total. The van der Waals surface area contributed by atoms with Crippen molar-refractivity contribution in [3.8, 4) is 0 Å². The van der Waals surface area contributed by atoms with Crippen LogP contribution in [0.2, 0.25) is 0 Å². The van der Waals surface area contributed by atoms with Crippen molar-refractivity contribution in [2.24, 2.45) is 0 Å². The van der Waals surface area contributed by atoms with E-state index in [2.05, 4.69) is 6.92 Å². The van der Waals surface area contributed by atoms with E-state index in [1.165, 1.54) is 5.56 Å². The van der Waals surface area contributed by atoms with Gasteiger partial charge in [-0.2, -0.15) is 0 Å². The molecule has 0 heterocycles. The maximum Gasteiger partial charge on any atom is 0.175 e. The fourth-order valence-electron chi connectivity index (χ4n) is 2.16. The zero-order valence-electron chi connectivity index (χ0n) is 12.7. The highest BCUT2D eigenvalue weighted by Gasteiger charge is 2.14. The zero-order chi connectivity index (χ0) is 15.4. The first-order valence-electron chi connectivity index (χ1n) is 7.09. The fraction of sp³-hybridized carbons (Fsp3) is 0.278. The number of hydrogen-bond acceptors (Lipinski definition) is 2. The Morgan fingerprint density at radius 1 is 1.05 bits per heavy atom. The molecule has 0 fully saturated rings. The van der Waals surface area contributed by atoms with Crippen LogP contribution in [0.4, 0.5) is 0 Å². The first-order valence-corrected chi connectivity index (χ1v) is 8.41. The number of aryl methyl sites for hydroxylation is 3. The normalized spacial score (nSPS) is 12.1. The minimum Gasteiger partial charge on any atom is -0.293 e. The number of benzene rings is 2. The van der Waals surface area contributed by atoms with Crippen molar-refractivity contribution < 1.29 is 9.00 Å². The summed E-state index contributed by atoms with van der Waals surface area (Å²) in [5.41, 5.74) is 3.85. The molecule has 0 aromatic heterocycles. The molecule has 3 heteroatoms. The van der Waals surface area contributed by atoms with Crippen LogP contribution in [0.25, 0.3) is 0 Å². The summed E-state index contributed by atoms with van der Waals surface area (Å²) >= 11 is 0. The Bertz CT molecular complexity index is 672. The van der Waals surface area contributed by atoms with Gasteiger partial charge in [-0.05, 0) is 43.0 Å². The van der Waals surface area contributed by atoms with E-state index in [0.29, 0.717) is 5.56 Å². The highest BCUT2D eigenvalue weighted by molar-refractivity contribution is 7.85. The summed E-state index contributed by atoms with van der Waals surface area (Å²) in [6.07, 6.45) is 0.947. The van der Waals surface area contributed by atoms with Crippen LogP contribution in [0.5, 0.6) is 0 Å². The second kappa shape index (κ2) is 6.81. The van der Waals surface area contributed by atoms with E-state index in [1.807, 2.05) is 56.3 Å². The lowest BCUT2D eigenvalue weighted by Gasteiger charge is -2.07. The van der Waals surface area contributed by atoms with E-state index in [-0.39, 0.29) is 11.5 Å². The Balaban J connectivity index is 2.14. The molecule has 110 valence electrons. The summed E-state index contributed by atoms with van der Waals surface area (Å²) in [5.74, 6) is -0.0349. The number of rotatable bonds is 5. The first kappa shape index (κ1) is 15.6. The Kier molecular flexibility index (Phi) is 5.07. The van der Waals surface area contributed by atoms with Crippen LogP contribution >= 0.6 is 0 Å². The van der Waals surface area contributed by atoms with E-state index in [4.69, 9.17) is 0 Å². The molecule has 0 radical (unpaired) electrons. The molecule has 0 saturated carbocycles. The summed E-state index contributed by atoms with van der Waals surface area (Å²) in [7, 11) is -1.29. The number of ketones is 1. The van der Waals surface area contributed by atoms with Crippen molar-refractivity contribution in [3.05, 3.63) is 64.7 Å². The third-order valence-electron chi connectivity index (χ3n) is 3.54. The van der Waals surface area contributed by atoms with Gasteiger partial charge in [0.25, 0.3) is 0 Å². The van der Waals surface area contributed by atoms with Crippen LogP contribution < -0.4 is 0 Å². The molecule has 2 aromatic carbocycles. The van der Waals surface area contributed by atoms with E-state index in [9.17, 15) is 9.00 Å². The van der Waals surface area contributed by atoms with Gasteiger partial charge in [-0.3, -0.25) is 9.00 Å². The van der Waals surface area contributed by atoms with Crippen molar-refractivity contribution in [1.29, 1.82) is 0 Å². The zero-order valence-corrected chi connectivity index (χ0v) is 13.5. The van der Waals surface area contributed by atoms with E-state index in [1.54, 1.807) is 0 Å². The summed E-state index contributed by atoms with van der Waals surface area (Å²) in [6, 6.07) is 13.4. The SMILES string of the molecule is CCc1ccc(C(=O)CS(=O)c2cc(C)ccc2C)cc1. The van der Waals surface area contributed by atoms with E-state index >= 15 is 0 Å². The molecule has 0 saturated heterocycles. The number of Topliss-reactive ketones (excluding diaryl/α,β-unsaturated/α-hetero) is 1. The van der Waals surface area contributed by atoms with Crippen LogP contribution in [0.1, 0.15) is 34.0 Å². The Morgan fingerprint density at radius 2 is 1.71 bits per heavy atom. The van der Waals surface area contributed by atoms with Crippen molar-refractivity contribution in [1.82, 2.24) is 0 Å². The van der Waals surface area contributed by atoms with Crippen molar-refractivity contribution in [2.75, 3.05) is 5.75 Å². The maximum atomic E-state index is 12.4. The number of hydrogen-bond donors (Lipinski definition) is 0. The molecule has 2 rings (SSSR count). The second-order valence-corrected chi connectivity index (χ2v) is 6.65. The molecular weight excluding hydrogens is 280 g/mol. The van der Waals surface area contributed by atoms with Crippen molar-refractivity contribution in [3.63, 3.8) is 0 Å². The Hall–Kier alpha value is -1.74. The molecule has 1 unspecified atom stereocenters. The lowest BCUT2D eigenvalue weighted by Crippen LogP contribution is -2.12. The third-order valence-corrected chi connectivity index (χ3v) is 4.99. The van der Waals surface area contributed by atoms with Gasteiger partial charge in [-0.25, -0.2) is 0 Å². The van der Waals surface area contributed by atoms with Gasteiger partial charge in [-0.1, -0.05) is 43.3 Å². The van der Waals surface area contributed by atoms with Gasteiger partial charge in [0, 0.05) is 10.5 Å². The van der Waals surface area contributed by atoms with Gasteiger partial charge in [0.1, 0.15) is 0 Å². The van der Waals surface area contributed by atoms with Crippen molar-refractivity contribution in [2.45, 2.75) is 32.1 Å². The lowest BCUT2D eigenvalue weighted by molar-refractivity contribution is 0.102. The maximum absolute atomic E-state index is 12.4. The van der Waals surface area contributed by atoms with Gasteiger partial charge in [0.15, 0.2) is 5.78 Å². The lowest BCUT2D eigenvalue weighted by atomic mass is 10.1. The molecule has 0 aliphatic heterocycles. The summed E-state index contributed by atoms with van der Waals surface area (Å²) in [6.45, 7) is 5.96. The Morgan fingerprint density at radius 3 is 2.33 bits per heavy atom. The van der Waals surface area contributed by atoms with Gasteiger partial charge < -0.3 is 0 Å². The van der Waals surface area contributed by atoms with Crippen LogP contribution in [0.3, 0.4) is 0 Å². The molecule has 0 aliphatic carbocycles. The number of carbonyl (C=O) groups is 1. The van der Waals surface area contributed by atoms with Crippen LogP contribution in [-0.2, 0) is 17.2 Å². The summed E-state index contributed by atoms with van der Waals surface area (Å²) in [4.78, 5) is 13.0. The van der Waals surface area contributed by atoms with Gasteiger partial charge >= 0.3 is 0 Å². The van der Waals surface area contributed by atoms with Crippen molar-refractivity contribution >= 4 is 16.6 Å². The van der Waals surface area contributed by atoms with Gasteiger partial charge in [0.05, 0.1) is 16.6 Å². The molecule has 0 aliphatic rings. The standard InChI is InChI=1S/C18H20O2S/c1-4-15-7-9-16(10-8-15)17(19)12-21(20)18-11-13(2)5-6-14(18)3/h5-11H,4,12H2,1-3H3. The minimum absolute atomic E-state index is 0.0375. The molecule has 2 nitrogen and oxygen atoms in total. The summed E-state index contributed by atoms with van der Waals surface area (Å²) in [5, 5.41) is 0. The number of carbonyl (C=O) groups excluding carboxylic acids is 1.